The van der Waals surface area contributed by atoms with Gasteiger partial charge in [0.05, 0.1) is 6.10 Å². The molecule has 1 aliphatic rings. The van der Waals surface area contributed by atoms with Crippen LogP contribution in [0.25, 0.3) is 6.08 Å². The Bertz CT molecular complexity index is 703. The van der Waals surface area contributed by atoms with E-state index in [9.17, 15) is 30.0 Å². The number of phenolic OH excluding ortho intramolecular Hbond substituents is 2. The monoisotopic (exact) mass is 365 g/mol. The lowest BCUT2D eigenvalue weighted by molar-refractivity contribution is -0.169. The van der Waals surface area contributed by atoms with Gasteiger partial charge in [0.1, 0.15) is 11.7 Å². The summed E-state index contributed by atoms with van der Waals surface area (Å²) in [7, 11) is 0. The van der Waals surface area contributed by atoms with Crippen molar-refractivity contribution in [1.82, 2.24) is 5.32 Å². The second kappa shape index (κ2) is 8.20. The van der Waals surface area contributed by atoms with Crippen molar-refractivity contribution in [2.24, 2.45) is 0 Å². The fourth-order valence-electron chi connectivity index (χ4n) is 2.79. The molecule has 1 fully saturated rings. The SMILES string of the molecule is CCNC(=O)[C@]1(O)CC[C@@H](O)[C@H](OC(=O)/C=C/c2ccc(O)c(O)c2)C1. The first-order chi connectivity index (χ1) is 12.2. The van der Waals surface area contributed by atoms with E-state index in [0.29, 0.717) is 12.1 Å². The van der Waals surface area contributed by atoms with Crippen LogP contribution in [0.3, 0.4) is 0 Å². The lowest BCUT2D eigenvalue weighted by Gasteiger charge is -2.37. The summed E-state index contributed by atoms with van der Waals surface area (Å²) in [4.78, 5) is 24.0. The number of aliphatic hydroxyl groups excluding tert-OH is 1. The molecule has 2 rings (SSSR count). The van der Waals surface area contributed by atoms with E-state index in [-0.39, 0.29) is 30.8 Å². The number of ether oxygens (including phenoxy) is 1. The zero-order valence-electron chi connectivity index (χ0n) is 14.4. The lowest BCUT2D eigenvalue weighted by atomic mass is 9.80. The van der Waals surface area contributed by atoms with Crippen LogP contribution < -0.4 is 5.32 Å². The molecule has 142 valence electrons. The molecule has 1 aromatic carbocycles. The van der Waals surface area contributed by atoms with Gasteiger partial charge in [-0.1, -0.05) is 6.07 Å². The first kappa shape index (κ1) is 19.7. The van der Waals surface area contributed by atoms with Crippen molar-refractivity contribution < 1.29 is 34.8 Å². The standard InChI is InChI=1S/C18H23NO7/c1-2-19-17(24)18(25)8-7-13(21)15(10-18)26-16(23)6-4-11-3-5-12(20)14(22)9-11/h3-6,9,13,15,20-22,25H,2,7-8,10H2,1H3,(H,19,24)/b6-4+/t13-,15-,18+/m1/s1. The van der Waals surface area contributed by atoms with Crippen molar-refractivity contribution in [2.75, 3.05) is 6.54 Å². The third kappa shape index (κ3) is 4.74. The van der Waals surface area contributed by atoms with Crippen LogP contribution in [0.1, 0.15) is 31.7 Å². The van der Waals surface area contributed by atoms with Gasteiger partial charge in [0, 0.05) is 19.0 Å². The molecular weight excluding hydrogens is 342 g/mol. The van der Waals surface area contributed by atoms with Crippen LogP contribution in [0.4, 0.5) is 0 Å². The average molecular weight is 365 g/mol. The van der Waals surface area contributed by atoms with E-state index < -0.39 is 29.7 Å². The highest BCUT2D eigenvalue weighted by atomic mass is 16.6. The number of esters is 1. The van der Waals surface area contributed by atoms with Crippen molar-refractivity contribution in [1.29, 1.82) is 0 Å². The van der Waals surface area contributed by atoms with Crippen molar-refractivity contribution in [3.8, 4) is 11.5 Å². The number of nitrogens with one attached hydrogen (secondary N) is 1. The second-order valence-corrected chi connectivity index (χ2v) is 6.26. The van der Waals surface area contributed by atoms with E-state index in [1.807, 2.05) is 0 Å². The Morgan fingerprint density at radius 3 is 2.73 bits per heavy atom. The number of amides is 1. The lowest BCUT2D eigenvalue weighted by Crippen LogP contribution is -2.54. The number of phenols is 2. The zero-order chi connectivity index (χ0) is 19.3. The van der Waals surface area contributed by atoms with Crippen LogP contribution in [-0.2, 0) is 14.3 Å². The molecule has 1 amide bonds. The van der Waals surface area contributed by atoms with E-state index in [2.05, 4.69) is 5.32 Å². The number of benzene rings is 1. The fourth-order valence-corrected chi connectivity index (χ4v) is 2.79. The topological polar surface area (TPSA) is 136 Å². The predicted molar refractivity (Wildman–Crippen MR) is 92.2 cm³/mol. The fraction of sp³-hybridized carbons (Fsp3) is 0.444. The summed E-state index contributed by atoms with van der Waals surface area (Å²) in [6, 6.07) is 4.03. The highest BCUT2D eigenvalue weighted by Gasteiger charge is 2.45. The number of rotatable bonds is 5. The van der Waals surface area contributed by atoms with Gasteiger partial charge in [0.2, 0.25) is 0 Å². The smallest absolute Gasteiger partial charge is 0.331 e. The summed E-state index contributed by atoms with van der Waals surface area (Å²) >= 11 is 0. The highest BCUT2D eigenvalue weighted by Crippen LogP contribution is 2.31. The van der Waals surface area contributed by atoms with Gasteiger partial charge >= 0.3 is 5.97 Å². The third-order valence-corrected chi connectivity index (χ3v) is 4.26. The van der Waals surface area contributed by atoms with Gasteiger partial charge in [-0.25, -0.2) is 4.79 Å². The number of hydrogen-bond acceptors (Lipinski definition) is 7. The molecule has 5 N–H and O–H groups in total. The van der Waals surface area contributed by atoms with Crippen molar-refractivity contribution >= 4 is 18.0 Å². The first-order valence-electron chi connectivity index (χ1n) is 8.34. The molecule has 0 spiro atoms. The summed E-state index contributed by atoms with van der Waals surface area (Å²) in [6.07, 6.45) is 0.490. The van der Waals surface area contributed by atoms with Crippen molar-refractivity contribution in [3.05, 3.63) is 29.8 Å². The molecule has 3 atom stereocenters. The minimum Gasteiger partial charge on any atom is -0.504 e. The molecular formula is C18H23NO7. The largest absolute Gasteiger partial charge is 0.504 e. The number of aromatic hydroxyl groups is 2. The number of carbonyl (C=O) groups is 2. The minimum atomic E-state index is -1.69. The van der Waals surface area contributed by atoms with Gasteiger partial charge in [-0.3, -0.25) is 4.79 Å². The summed E-state index contributed by atoms with van der Waals surface area (Å²) in [5, 5.41) is 41.7. The van der Waals surface area contributed by atoms with E-state index in [4.69, 9.17) is 4.74 Å². The summed E-state index contributed by atoms with van der Waals surface area (Å²) in [5.74, 6) is -1.92. The summed E-state index contributed by atoms with van der Waals surface area (Å²) < 4.78 is 5.18. The number of carbonyl (C=O) groups excluding carboxylic acids is 2. The van der Waals surface area contributed by atoms with Crippen LogP contribution in [0.2, 0.25) is 0 Å². The molecule has 8 heteroatoms. The minimum absolute atomic E-state index is 0.0800. The molecule has 1 saturated carbocycles. The van der Waals surface area contributed by atoms with Crippen LogP contribution in [0.5, 0.6) is 11.5 Å². The molecule has 0 bridgehead atoms. The van der Waals surface area contributed by atoms with Gasteiger partial charge in [-0.05, 0) is 43.5 Å². The van der Waals surface area contributed by atoms with E-state index in [1.54, 1.807) is 6.92 Å². The number of likely N-dealkylation sites (N-methyl/N-ethyl adjacent to an activating group) is 1. The molecule has 1 aliphatic carbocycles. The van der Waals surface area contributed by atoms with Crippen LogP contribution in [0.15, 0.2) is 24.3 Å². The van der Waals surface area contributed by atoms with Gasteiger partial charge in [0.25, 0.3) is 5.91 Å². The van der Waals surface area contributed by atoms with Crippen LogP contribution >= 0.6 is 0 Å². The molecule has 0 radical (unpaired) electrons. The zero-order valence-corrected chi connectivity index (χ0v) is 14.4. The molecule has 0 saturated heterocycles. The Balaban J connectivity index is 2.01. The first-order valence-corrected chi connectivity index (χ1v) is 8.34. The van der Waals surface area contributed by atoms with Gasteiger partial charge in [-0.15, -0.1) is 0 Å². The second-order valence-electron chi connectivity index (χ2n) is 6.26. The summed E-state index contributed by atoms with van der Waals surface area (Å²) in [6.45, 7) is 2.08. The van der Waals surface area contributed by atoms with E-state index in [0.717, 1.165) is 6.08 Å². The van der Waals surface area contributed by atoms with Gasteiger partial charge < -0.3 is 30.5 Å². The molecule has 8 nitrogen and oxygen atoms in total. The maximum absolute atomic E-state index is 12.0. The molecule has 26 heavy (non-hydrogen) atoms. The van der Waals surface area contributed by atoms with Gasteiger partial charge in [0.15, 0.2) is 11.5 Å². The Labute approximate surface area is 150 Å². The average Bonchev–Trinajstić information content (AvgIpc) is 2.59. The third-order valence-electron chi connectivity index (χ3n) is 4.26. The molecule has 0 heterocycles. The molecule has 0 aromatic heterocycles. The van der Waals surface area contributed by atoms with Crippen LogP contribution in [-0.4, -0.2) is 56.7 Å². The van der Waals surface area contributed by atoms with Crippen molar-refractivity contribution in [3.63, 3.8) is 0 Å². The Kier molecular flexibility index (Phi) is 6.23. The Morgan fingerprint density at radius 1 is 1.35 bits per heavy atom. The maximum atomic E-state index is 12.0. The summed E-state index contributed by atoms with van der Waals surface area (Å²) in [5.41, 5.74) is -1.23. The van der Waals surface area contributed by atoms with Crippen LogP contribution in [0, 0.1) is 0 Å². The highest BCUT2D eigenvalue weighted by molar-refractivity contribution is 5.88. The quantitative estimate of drug-likeness (QED) is 0.290. The van der Waals surface area contributed by atoms with E-state index >= 15 is 0 Å². The normalized spacial score (nSPS) is 25.8. The molecule has 0 unspecified atom stereocenters. The Hall–Kier alpha value is -2.58. The Morgan fingerprint density at radius 2 is 2.08 bits per heavy atom. The van der Waals surface area contributed by atoms with Crippen molar-refractivity contribution in [2.45, 2.75) is 44.0 Å². The molecule has 0 aliphatic heterocycles. The number of hydrogen-bond donors (Lipinski definition) is 5. The van der Waals surface area contributed by atoms with Gasteiger partial charge in [-0.2, -0.15) is 0 Å². The maximum Gasteiger partial charge on any atom is 0.331 e. The number of aliphatic hydroxyl groups is 2. The molecule has 1 aromatic rings. The predicted octanol–water partition coefficient (Wildman–Crippen LogP) is 0.435. The van der Waals surface area contributed by atoms with E-state index in [1.165, 1.54) is 24.3 Å².